The second kappa shape index (κ2) is 9.14. The van der Waals surface area contributed by atoms with Crippen LogP contribution in [0.3, 0.4) is 0 Å². The number of para-hydroxylation sites is 1. The summed E-state index contributed by atoms with van der Waals surface area (Å²) in [5, 5.41) is 5.51. The van der Waals surface area contributed by atoms with Gasteiger partial charge in [-0.2, -0.15) is 0 Å². The lowest BCUT2D eigenvalue weighted by Crippen LogP contribution is -2.32. The Morgan fingerprint density at radius 2 is 1.93 bits per heavy atom. The zero-order chi connectivity index (χ0) is 19.1. The number of ether oxygens (including phenoxy) is 2. The van der Waals surface area contributed by atoms with Gasteiger partial charge in [0.15, 0.2) is 6.61 Å². The van der Waals surface area contributed by atoms with Crippen LogP contribution in [0, 0.1) is 5.82 Å². The molecule has 0 spiro atoms. The molecule has 7 heteroatoms. The molecule has 27 heavy (non-hydrogen) atoms. The molecule has 0 radical (unpaired) electrons. The quantitative estimate of drug-likeness (QED) is 0.784. The summed E-state index contributed by atoms with van der Waals surface area (Å²) in [5.74, 6) is -0.691. The highest BCUT2D eigenvalue weighted by Crippen LogP contribution is 2.16. The van der Waals surface area contributed by atoms with Gasteiger partial charge in [0.05, 0.1) is 17.4 Å². The highest BCUT2D eigenvalue weighted by Gasteiger charge is 2.18. The van der Waals surface area contributed by atoms with Gasteiger partial charge in [-0.3, -0.25) is 9.59 Å². The van der Waals surface area contributed by atoms with Crippen LogP contribution in [0.1, 0.15) is 23.2 Å². The van der Waals surface area contributed by atoms with Crippen molar-refractivity contribution in [2.45, 2.75) is 18.9 Å². The molecule has 1 saturated heterocycles. The summed E-state index contributed by atoms with van der Waals surface area (Å²) in [5.41, 5.74) is 0.765. The Hall–Kier alpha value is -2.93. The molecule has 0 unspecified atom stereocenters. The van der Waals surface area contributed by atoms with E-state index in [1.807, 2.05) is 0 Å². The lowest BCUT2D eigenvalue weighted by molar-refractivity contribution is -0.118. The van der Waals surface area contributed by atoms with Gasteiger partial charge in [0.1, 0.15) is 11.6 Å². The van der Waals surface area contributed by atoms with Gasteiger partial charge in [-0.15, -0.1) is 0 Å². The molecule has 2 N–H and O–H groups in total. The fourth-order valence-electron chi connectivity index (χ4n) is 2.76. The number of carbonyl (C=O) groups is 2. The number of amides is 2. The van der Waals surface area contributed by atoms with Gasteiger partial charge in [-0.1, -0.05) is 12.1 Å². The van der Waals surface area contributed by atoms with Crippen LogP contribution >= 0.6 is 0 Å². The molecule has 6 nitrogen and oxygen atoms in total. The Morgan fingerprint density at radius 3 is 2.67 bits per heavy atom. The fraction of sp³-hybridized carbons (Fsp3) is 0.300. The third kappa shape index (κ3) is 5.52. The molecule has 3 rings (SSSR count). The van der Waals surface area contributed by atoms with E-state index in [4.69, 9.17) is 9.47 Å². The molecule has 0 aromatic heterocycles. The van der Waals surface area contributed by atoms with E-state index < -0.39 is 5.91 Å². The fourth-order valence-corrected chi connectivity index (χ4v) is 2.76. The molecule has 0 aliphatic carbocycles. The standard InChI is InChI=1S/C20H21FN2O4/c21-14-7-9-15(10-8-14)27-13-19(24)23-18-6-2-1-5-17(18)20(25)22-12-16-4-3-11-26-16/h1-2,5-10,16H,3-4,11-13H2,(H,22,25)(H,23,24)/t16-/m1/s1. The van der Waals surface area contributed by atoms with Gasteiger partial charge in [-0.25, -0.2) is 4.39 Å². The van der Waals surface area contributed by atoms with Crippen molar-refractivity contribution in [3.63, 3.8) is 0 Å². The number of anilines is 1. The maximum absolute atomic E-state index is 12.9. The van der Waals surface area contributed by atoms with Crippen molar-refractivity contribution in [3.8, 4) is 5.75 Å². The van der Waals surface area contributed by atoms with E-state index >= 15 is 0 Å². The van der Waals surface area contributed by atoms with Crippen LogP contribution in [0.5, 0.6) is 5.75 Å². The summed E-state index contributed by atoms with van der Waals surface area (Å²) in [7, 11) is 0. The van der Waals surface area contributed by atoms with Gasteiger partial charge >= 0.3 is 0 Å². The summed E-state index contributed by atoms with van der Waals surface area (Å²) in [6, 6.07) is 12.1. The number of carbonyl (C=O) groups excluding carboxylic acids is 2. The number of nitrogens with one attached hydrogen (secondary N) is 2. The summed E-state index contributed by atoms with van der Waals surface area (Å²) in [6.07, 6.45) is 1.97. The van der Waals surface area contributed by atoms with Crippen LogP contribution in [-0.2, 0) is 9.53 Å². The van der Waals surface area contributed by atoms with E-state index in [1.165, 1.54) is 24.3 Å². The zero-order valence-corrected chi connectivity index (χ0v) is 14.7. The molecule has 1 aliphatic rings. The van der Waals surface area contributed by atoms with Crippen molar-refractivity contribution >= 4 is 17.5 Å². The first-order chi connectivity index (χ1) is 13.1. The molecule has 2 aromatic carbocycles. The van der Waals surface area contributed by atoms with Gasteiger partial charge in [0.25, 0.3) is 11.8 Å². The van der Waals surface area contributed by atoms with Crippen LogP contribution in [-0.4, -0.2) is 37.7 Å². The third-order valence-corrected chi connectivity index (χ3v) is 4.14. The van der Waals surface area contributed by atoms with Crippen molar-refractivity contribution in [1.82, 2.24) is 5.32 Å². The monoisotopic (exact) mass is 372 g/mol. The first kappa shape index (κ1) is 18.8. The van der Waals surface area contributed by atoms with Gasteiger partial charge in [0.2, 0.25) is 0 Å². The van der Waals surface area contributed by atoms with Crippen molar-refractivity contribution in [3.05, 3.63) is 59.9 Å². The zero-order valence-electron chi connectivity index (χ0n) is 14.7. The number of benzene rings is 2. The molecule has 1 heterocycles. The minimum absolute atomic E-state index is 0.0415. The molecule has 0 saturated carbocycles. The van der Waals surface area contributed by atoms with Crippen molar-refractivity contribution in [2.75, 3.05) is 25.1 Å². The summed E-state index contributed by atoms with van der Waals surface area (Å²) >= 11 is 0. The van der Waals surface area contributed by atoms with Crippen LogP contribution in [0.15, 0.2) is 48.5 Å². The SMILES string of the molecule is O=C(COc1ccc(F)cc1)Nc1ccccc1C(=O)NC[C@H]1CCCO1. The lowest BCUT2D eigenvalue weighted by Gasteiger charge is -2.14. The largest absolute Gasteiger partial charge is 0.484 e. The molecule has 2 amide bonds. The Morgan fingerprint density at radius 1 is 1.15 bits per heavy atom. The van der Waals surface area contributed by atoms with Gasteiger partial charge < -0.3 is 20.1 Å². The van der Waals surface area contributed by atoms with Crippen LogP contribution in [0.2, 0.25) is 0 Å². The average molecular weight is 372 g/mol. The molecule has 1 atom stereocenters. The summed E-state index contributed by atoms with van der Waals surface area (Å²) < 4.78 is 23.7. The van der Waals surface area contributed by atoms with E-state index in [0.29, 0.717) is 23.5 Å². The predicted octanol–water partition coefficient (Wildman–Crippen LogP) is 2.75. The van der Waals surface area contributed by atoms with Crippen LogP contribution < -0.4 is 15.4 Å². The number of halogens is 1. The minimum Gasteiger partial charge on any atom is -0.484 e. The summed E-state index contributed by atoms with van der Waals surface area (Å²) in [6.45, 7) is 0.910. The summed E-state index contributed by atoms with van der Waals surface area (Å²) in [4.78, 5) is 24.6. The Labute approximate surface area is 156 Å². The van der Waals surface area contributed by atoms with Crippen molar-refractivity contribution < 1.29 is 23.5 Å². The van der Waals surface area contributed by atoms with E-state index in [2.05, 4.69) is 10.6 Å². The number of rotatable bonds is 7. The third-order valence-electron chi connectivity index (χ3n) is 4.14. The molecule has 0 bridgehead atoms. The molecule has 2 aromatic rings. The highest BCUT2D eigenvalue weighted by molar-refractivity contribution is 6.04. The second-order valence-electron chi connectivity index (χ2n) is 6.18. The molecule has 1 fully saturated rings. The van der Waals surface area contributed by atoms with E-state index in [-0.39, 0.29) is 24.4 Å². The molecular formula is C20H21FN2O4. The molecular weight excluding hydrogens is 351 g/mol. The Balaban J connectivity index is 1.55. The van der Waals surface area contributed by atoms with E-state index in [0.717, 1.165) is 19.4 Å². The van der Waals surface area contributed by atoms with Crippen LogP contribution in [0.4, 0.5) is 10.1 Å². The van der Waals surface area contributed by atoms with E-state index in [1.54, 1.807) is 24.3 Å². The second-order valence-corrected chi connectivity index (χ2v) is 6.18. The Bertz CT molecular complexity index is 789. The molecule has 142 valence electrons. The predicted molar refractivity (Wildman–Crippen MR) is 98.3 cm³/mol. The first-order valence-corrected chi connectivity index (χ1v) is 8.79. The van der Waals surface area contributed by atoms with Crippen molar-refractivity contribution in [1.29, 1.82) is 0 Å². The van der Waals surface area contributed by atoms with E-state index in [9.17, 15) is 14.0 Å². The number of hydrogen-bond acceptors (Lipinski definition) is 4. The highest BCUT2D eigenvalue weighted by atomic mass is 19.1. The molecule has 1 aliphatic heterocycles. The lowest BCUT2D eigenvalue weighted by atomic mass is 10.1. The minimum atomic E-state index is -0.418. The normalized spacial score (nSPS) is 16.0. The van der Waals surface area contributed by atoms with Gasteiger partial charge in [0, 0.05) is 13.2 Å². The van der Waals surface area contributed by atoms with Gasteiger partial charge in [-0.05, 0) is 49.2 Å². The maximum atomic E-state index is 12.9. The topological polar surface area (TPSA) is 76.7 Å². The van der Waals surface area contributed by atoms with Crippen LogP contribution in [0.25, 0.3) is 0 Å². The maximum Gasteiger partial charge on any atom is 0.262 e. The Kier molecular flexibility index (Phi) is 6.38. The average Bonchev–Trinajstić information content (AvgIpc) is 3.20. The smallest absolute Gasteiger partial charge is 0.262 e. The van der Waals surface area contributed by atoms with Crippen molar-refractivity contribution in [2.24, 2.45) is 0 Å². The first-order valence-electron chi connectivity index (χ1n) is 8.79. The number of hydrogen-bond donors (Lipinski definition) is 2.